The number of hydrogen-bond acceptors (Lipinski definition) is 1. The highest BCUT2D eigenvalue weighted by atomic mass is 14.9. The summed E-state index contributed by atoms with van der Waals surface area (Å²) in [5.74, 6) is 4.03. The van der Waals surface area contributed by atoms with Crippen LogP contribution >= 0.6 is 0 Å². The van der Waals surface area contributed by atoms with Gasteiger partial charge in [-0.05, 0) is 82.1 Å². The van der Waals surface area contributed by atoms with Crippen LogP contribution in [-0.2, 0) is 0 Å². The summed E-state index contributed by atoms with van der Waals surface area (Å²) in [6, 6.07) is 0. The van der Waals surface area contributed by atoms with Gasteiger partial charge in [0.25, 0.3) is 0 Å². The van der Waals surface area contributed by atoms with Crippen LogP contribution in [0.5, 0.6) is 0 Å². The van der Waals surface area contributed by atoms with Gasteiger partial charge < -0.3 is 5.32 Å². The molecule has 1 nitrogen and oxygen atoms in total. The summed E-state index contributed by atoms with van der Waals surface area (Å²) in [5.41, 5.74) is 1.07. The maximum Gasteiger partial charge on any atom is 0.0155 e. The summed E-state index contributed by atoms with van der Waals surface area (Å²) in [5, 5.41) is 3.58. The van der Waals surface area contributed by atoms with Crippen LogP contribution in [0.25, 0.3) is 0 Å². The van der Waals surface area contributed by atoms with E-state index >= 15 is 0 Å². The van der Waals surface area contributed by atoms with Crippen LogP contribution in [0.15, 0.2) is 0 Å². The molecular formula is C15H27N. The van der Waals surface area contributed by atoms with Crippen molar-refractivity contribution >= 4 is 0 Å². The predicted octanol–water partition coefficient (Wildman–Crippen LogP) is 3.45. The van der Waals surface area contributed by atoms with Crippen molar-refractivity contribution in [3.63, 3.8) is 0 Å². The standard InChI is InChI=1S/C15H27N/c1-14(2,16-4)13-11-5-10-6-12(13)9-15(3,7-10)8-11/h10-13,16H,5-9H2,1-4H3. The Kier molecular flexibility index (Phi) is 2.25. The SMILES string of the molecule is CNC(C)(C)C1C2CC3CC1CC(C)(C3)C2. The molecule has 0 saturated heterocycles. The van der Waals surface area contributed by atoms with Gasteiger partial charge in [-0.15, -0.1) is 0 Å². The zero-order valence-electron chi connectivity index (χ0n) is 11.3. The third-order valence-corrected chi connectivity index (χ3v) is 6.06. The molecule has 0 heterocycles. The van der Waals surface area contributed by atoms with E-state index in [0.29, 0.717) is 5.54 Å². The van der Waals surface area contributed by atoms with Gasteiger partial charge in [-0.25, -0.2) is 0 Å². The molecule has 1 heteroatoms. The molecule has 0 amide bonds. The van der Waals surface area contributed by atoms with E-state index < -0.39 is 0 Å². The van der Waals surface area contributed by atoms with Crippen LogP contribution in [0, 0.1) is 29.1 Å². The van der Waals surface area contributed by atoms with E-state index in [4.69, 9.17) is 0 Å². The van der Waals surface area contributed by atoms with Crippen molar-refractivity contribution < 1.29 is 0 Å². The summed E-state index contributed by atoms with van der Waals surface area (Å²) < 4.78 is 0. The fourth-order valence-electron chi connectivity index (χ4n) is 5.78. The second-order valence-electron chi connectivity index (χ2n) is 7.78. The average Bonchev–Trinajstić information content (AvgIpc) is 2.13. The zero-order valence-corrected chi connectivity index (χ0v) is 11.3. The van der Waals surface area contributed by atoms with Crippen molar-refractivity contribution in [2.75, 3.05) is 7.05 Å². The minimum atomic E-state index is 0.346. The fourth-order valence-corrected chi connectivity index (χ4v) is 5.78. The van der Waals surface area contributed by atoms with E-state index in [-0.39, 0.29) is 0 Å². The first-order valence-electron chi connectivity index (χ1n) is 7.12. The molecule has 4 saturated carbocycles. The van der Waals surface area contributed by atoms with Crippen molar-refractivity contribution in [3.8, 4) is 0 Å². The molecule has 0 spiro atoms. The third kappa shape index (κ3) is 1.47. The smallest absolute Gasteiger partial charge is 0.0155 e. The van der Waals surface area contributed by atoms with Gasteiger partial charge in [0.15, 0.2) is 0 Å². The fraction of sp³-hybridized carbons (Fsp3) is 1.00. The van der Waals surface area contributed by atoms with Crippen LogP contribution < -0.4 is 5.32 Å². The van der Waals surface area contributed by atoms with E-state index in [2.05, 4.69) is 33.1 Å². The molecule has 4 aliphatic carbocycles. The van der Waals surface area contributed by atoms with Gasteiger partial charge in [-0.3, -0.25) is 0 Å². The topological polar surface area (TPSA) is 12.0 Å². The van der Waals surface area contributed by atoms with Gasteiger partial charge in [-0.1, -0.05) is 6.92 Å². The van der Waals surface area contributed by atoms with Gasteiger partial charge in [0.2, 0.25) is 0 Å². The summed E-state index contributed by atoms with van der Waals surface area (Å²) >= 11 is 0. The first-order valence-corrected chi connectivity index (χ1v) is 7.12. The van der Waals surface area contributed by atoms with Crippen molar-refractivity contribution in [2.24, 2.45) is 29.1 Å². The minimum Gasteiger partial charge on any atom is -0.315 e. The summed E-state index contributed by atoms with van der Waals surface area (Å²) in [4.78, 5) is 0. The monoisotopic (exact) mass is 221 g/mol. The number of nitrogens with one attached hydrogen (secondary N) is 1. The predicted molar refractivity (Wildman–Crippen MR) is 68.3 cm³/mol. The highest BCUT2D eigenvalue weighted by Gasteiger charge is 2.56. The third-order valence-electron chi connectivity index (χ3n) is 6.06. The molecule has 0 aliphatic heterocycles. The Bertz CT molecular complexity index is 278. The highest BCUT2D eigenvalue weighted by molar-refractivity contribution is 5.08. The molecule has 4 bridgehead atoms. The molecule has 0 aromatic heterocycles. The Balaban J connectivity index is 1.89. The van der Waals surface area contributed by atoms with E-state index in [9.17, 15) is 0 Å². The molecule has 2 unspecified atom stereocenters. The maximum atomic E-state index is 3.58. The Morgan fingerprint density at radius 1 is 1.06 bits per heavy atom. The van der Waals surface area contributed by atoms with Crippen molar-refractivity contribution in [2.45, 2.75) is 58.4 Å². The van der Waals surface area contributed by atoms with Crippen molar-refractivity contribution in [1.82, 2.24) is 5.32 Å². The van der Waals surface area contributed by atoms with Crippen LogP contribution in [0.4, 0.5) is 0 Å². The Hall–Kier alpha value is -0.0400. The largest absolute Gasteiger partial charge is 0.315 e. The van der Waals surface area contributed by atoms with E-state index in [0.717, 1.165) is 29.1 Å². The highest BCUT2D eigenvalue weighted by Crippen LogP contribution is 2.63. The zero-order chi connectivity index (χ0) is 11.6. The quantitative estimate of drug-likeness (QED) is 0.753. The van der Waals surface area contributed by atoms with Gasteiger partial charge in [0, 0.05) is 5.54 Å². The molecule has 4 aliphatic rings. The number of rotatable bonds is 2. The first kappa shape index (κ1) is 11.1. The maximum absolute atomic E-state index is 3.58. The van der Waals surface area contributed by atoms with Crippen LogP contribution in [-0.4, -0.2) is 12.6 Å². The molecule has 0 aromatic carbocycles. The summed E-state index contributed by atoms with van der Waals surface area (Å²) in [6.45, 7) is 7.39. The first-order chi connectivity index (χ1) is 7.43. The van der Waals surface area contributed by atoms with Crippen molar-refractivity contribution in [3.05, 3.63) is 0 Å². The van der Waals surface area contributed by atoms with Crippen LogP contribution in [0.3, 0.4) is 0 Å². The second kappa shape index (κ2) is 3.25. The Morgan fingerprint density at radius 3 is 2.06 bits per heavy atom. The van der Waals surface area contributed by atoms with Gasteiger partial charge in [-0.2, -0.15) is 0 Å². The van der Waals surface area contributed by atoms with Gasteiger partial charge >= 0.3 is 0 Å². The lowest BCUT2D eigenvalue weighted by Gasteiger charge is -2.62. The normalized spacial score (nSPS) is 51.0. The molecule has 4 rings (SSSR count). The van der Waals surface area contributed by atoms with Crippen molar-refractivity contribution in [1.29, 1.82) is 0 Å². The van der Waals surface area contributed by atoms with Crippen LogP contribution in [0.1, 0.15) is 52.9 Å². The van der Waals surface area contributed by atoms with Gasteiger partial charge in [0.05, 0.1) is 0 Å². The molecular weight excluding hydrogens is 194 g/mol. The molecule has 2 atom stereocenters. The molecule has 92 valence electrons. The molecule has 0 radical (unpaired) electrons. The Morgan fingerprint density at radius 2 is 1.62 bits per heavy atom. The molecule has 4 fully saturated rings. The lowest BCUT2D eigenvalue weighted by molar-refractivity contribution is -0.110. The number of hydrogen-bond donors (Lipinski definition) is 1. The lowest BCUT2D eigenvalue weighted by Crippen LogP contribution is -2.59. The summed E-state index contributed by atoms with van der Waals surface area (Å²) in [6.07, 6.45) is 7.61. The van der Waals surface area contributed by atoms with E-state index in [1.54, 1.807) is 0 Å². The average molecular weight is 221 g/mol. The summed E-state index contributed by atoms with van der Waals surface area (Å²) in [7, 11) is 2.15. The second-order valence-corrected chi connectivity index (χ2v) is 7.78. The molecule has 1 N–H and O–H groups in total. The van der Waals surface area contributed by atoms with Crippen LogP contribution in [0.2, 0.25) is 0 Å². The Labute approximate surface area is 100 Å². The van der Waals surface area contributed by atoms with E-state index in [1.165, 1.54) is 32.1 Å². The minimum absolute atomic E-state index is 0.346. The molecule has 16 heavy (non-hydrogen) atoms. The molecule has 0 aromatic rings. The van der Waals surface area contributed by atoms with Gasteiger partial charge in [0.1, 0.15) is 0 Å². The van der Waals surface area contributed by atoms with E-state index in [1.807, 2.05) is 0 Å². The lowest BCUT2D eigenvalue weighted by atomic mass is 9.44.